The van der Waals surface area contributed by atoms with E-state index < -0.39 is 10.0 Å². The van der Waals surface area contributed by atoms with Crippen molar-refractivity contribution in [1.82, 2.24) is 14.3 Å². The van der Waals surface area contributed by atoms with Crippen LogP contribution in [0.1, 0.15) is 11.4 Å². The normalized spacial score (nSPS) is 11.0. The molecule has 0 saturated heterocycles. The number of aryl methyl sites for hydroxylation is 1. The van der Waals surface area contributed by atoms with Gasteiger partial charge in [-0.15, -0.1) is 0 Å². The van der Waals surface area contributed by atoms with Crippen molar-refractivity contribution in [2.75, 3.05) is 6.61 Å². The number of nitrogens with one attached hydrogen (secondary N) is 1. The Kier molecular flexibility index (Phi) is 4.75. The minimum atomic E-state index is -3.63. The van der Waals surface area contributed by atoms with Gasteiger partial charge in [-0.05, 0) is 18.2 Å². The molecule has 0 unspecified atom stereocenters. The molecule has 0 aliphatic carbocycles. The van der Waals surface area contributed by atoms with Crippen LogP contribution in [0.4, 0.5) is 0 Å². The lowest BCUT2D eigenvalue weighted by molar-refractivity contribution is 0.350. The summed E-state index contributed by atoms with van der Waals surface area (Å²) < 4.78 is 28.7. The fourth-order valence-electron chi connectivity index (χ4n) is 1.69. The average molecular weight is 305 g/mol. The maximum atomic E-state index is 12.2. The molecule has 0 amide bonds. The molecule has 0 bridgehead atoms. The molecule has 1 aromatic carbocycles. The minimum absolute atomic E-state index is 0.110. The molecule has 0 aliphatic rings. The van der Waals surface area contributed by atoms with Gasteiger partial charge in [0.2, 0.25) is 10.0 Å². The van der Waals surface area contributed by atoms with E-state index in [1.165, 1.54) is 12.1 Å². The highest BCUT2D eigenvalue weighted by molar-refractivity contribution is 7.89. The fraction of sp³-hybridized carbons (Fsp3) is 0.214. The molecule has 0 radical (unpaired) electrons. The summed E-state index contributed by atoms with van der Waals surface area (Å²) in [7, 11) is -1.84. The lowest BCUT2D eigenvalue weighted by Crippen LogP contribution is -2.24. The van der Waals surface area contributed by atoms with Crippen molar-refractivity contribution >= 4 is 10.0 Å². The molecule has 7 heteroatoms. The number of nitrogens with zero attached hydrogens (tertiary/aromatic N) is 2. The monoisotopic (exact) mass is 305 g/mol. The summed E-state index contributed by atoms with van der Waals surface area (Å²) in [5.74, 6) is 5.78. The lowest BCUT2D eigenvalue weighted by Gasteiger charge is -2.07. The van der Waals surface area contributed by atoms with Gasteiger partial charge >= 0.3 is 0 Å². The average Bonchev–Trinajstić information content (AvgIpc) is 2.89. The minimum Gasteiger partial charge on any atom is -0.384 e. The van der Waals surface area contributed by atoms with Gasteiger partial charge in [-0.2, -0.15) is 0 Å². The van der Waals surface area contributed by atoms with E-state index in [0.717, 1.165) is 0 Å². The third-order valence-corrected chi connectivity index (χ3v) is 4.20. The second-order valence-electron chi connectivity index (χ2n) is 4.27. The van der Waals surface area contributed by atoms with Crippen LogP contribution in [0.25, 0.3) is 0 Å². The number of aliphatic hydroxyl groups excluding tert-OH is 1. The molecule has 110 valence electrons. The van der Waals surface area contributed by atoms with Gasteiger partial charge in [0, 0.05) is 25.0 Å². The Balaban J connectivity index is 2.17. The van der Waals surface area contributed by atoms with E-state index in [-0.39, 0.29) is 18.0 Å². The zero-order valence-corrected chi connectivity index (χ0v) is 12.3. The van der Waals surface area contributed by atoms with E-state index >= 15 is 0 Å². The predicted octanol–water partition coefficient (Wildman–Crippen LogP) is 0.242. The van der Waals surface area contributed by atoms with Crippen molar-refractivity contribution in [3.8, 4) is 11.8 Å². The van der Waals surface area contributed by atoms with E-state index in [9.17, 15) is 8.42 Å². The lowest BCUT2D eigenvalue weighted by atomic mass is 10.2. The molecule has 6 nitrogen and oxygen atoms in total. The van der Waals surface area contributed by atoms with Crippen LogP contribution in [0.3, 0.4) is 0 Å². The largest absolute Gasteiger partial charge is 0.384 e. The van der Waals surface area contributed by atoms with E-state index in [1.807, 2.05) is 0 Å². The van der Waals surface area contributed by atoms with E-state index in [2.05, 4.69) is 21.5 Å². The summed E-state index contributed by atoms with van der Waals surface area (Å²) in [5, 5.41) is 8.66. The van der Waals surface area contributed by atoms with E-state index in [0.29, 0.717) is 11.4 Å². The molecule has 0 spiro atoms. The first kappa shape index (κ1) is 15.3. The summed E-state index contributed by atoms with van der Waals surface area (Å²) in [4.78, 5) is 4.18. The highest BCUT2D eigenvalue weighted by Crippen LogP contribution is 2.11. The van der Waals surface area contributed by atoms with Gasteiger partial charge in [0.15, 0.2) is 0 Å². The van der Waals surface area contributed by atoms with Gasteiger partial charge in [-0.3, -0.25) is 0 Å². The molecule has 0 saturated carbocycles. The van der Waals surface area contributed by atoms with Crippen LogP contribution < -0.4 is 4.72 Å². The van der Waals surface area contributed by atoms with Gasteiger partial charge in [-0.1, -0.05) is 17.9 Å². The molecule has 2 aromatic rings. The van der Waals surface area contributed by atoms with Crippen LogP contribution in [0.5, 0.6) is 0 Å². The Morgan fingerprint density at radius 3 is 2.90 bits per heavy atom. The number of hydrogen-bond donors (Lipinski definition) is 2. The molecule has 1 aromatic heterocycles. The molecular formula is C14H15N3O3S. The number of hydrogen-bond acceptors (Lipinski definition) is 4. The highest BCUT2D eigenvalue weighted by atomic mass is 32.2. The molecule has 2 rings (SSSR count). The van der Waals surface area contributed by atoms with Crippen LogP contribution in [0.15, 0.2) is 41.6 Å². The van der Waals surface area contributed by atoms with Crippen molar-refractivity contribution in [3.63, 3.8) is 0 Å². The molecular weight excluding hydrogens is 290 g/mol. The van der Waals surface area contributed by atoms with Crippen molar-refractivity contribution < 1.29 is 13.5 Å². The van der Waals surface area contributed by atoms with Gasteiger partial charge in [0.25, 0.3) is 0 Å². The molecule has 0 fully saturated rings. The van der Waals surface area contributed by atoms with Crippen LogP contribution in [-0.2, 0) is 23.6 Å². The number of aromatic nitrogens is 2. The molecule has 2 N–H and O–H groups in total. The van der Waals surface area contributed by atoms with Gasteiger partial charge in [-0.25, -0.2) is 18.1 Å². The topological polar surface area (TPSA) is 84.2 Å². The van der Waals surface area contributed by atoms with Crippen LogP contribution >= 0.6 is 0 Å². The second-order valence-corrected chi connectivity index (χ2v) is 6.03. The van der Waals surface area contributed by atoms with Crippen molar-refractivity contribution in [3.05, 3.63) is 48.0 Å². The number of rotatable bonds is 4. The van der Waals surface area contributed by atoms with Crippen LogP contribution in [-0.4, -0.2) is 29.7 Å². The Bertz CT molecular complexity index is 785. The van der Waals surface area contributed by atoms with Crippen molar-refractivity contribution in [1.29, 1.82) is 0 Å². The predicted molar refractivity (Wildman–Crippen MR) is 77.6 cm³/mol. The van der Waals surface area contributed by atoms with Gasteiger partial charge in [0.05, 0.1) is 11.4 Å². The summed E-state index contributed by atoms with van der Waals surface area (Å²) in [5.41, 5.74) is 0.531. The Labute approximate surface area is 123 Å². The van der Waals surface area contributed by atoms with Crippen LogP contribution in [0.2, 0.25) is 0 Å². The number of aliphatic hydroxyl groups is 1. The maximum Gasteiger partial charge on any atom is 0.241 e. The third-order valence-electron chi connectivity index (χ3n) is 2.80. The molecule has 0 atom stereocenters. The quantitative estimate of drug-likeness (QED) is 0.793. The fourth-order valence-corrected chi connectivity index (χ4v) is 2.72. The Morgan fingerprint density at radius 1 is 1.43 bits per heavy atom. The maximum absolute atomic E-state index is 12.2. The first-order valence-corrected chi connectivity index (χ1v) is 7.67. The highest BCUT2D eigenvalue weighted by Gasteiger charge is 2.14. The third kappa shape index (κ3) is 3.92. The summed E-state index contributed by atoms with van der Waals surface area (Å²) >= 11 is 0. The first-order valence-electron chi connectivity index (χ1n) is 6.18. The smallest absolute Gasteiger partial charge is 0.241 e. The molecule has 0 aliphatic heterocycles. The number of benzene rings is 1. The first-order chi connectivity index (χ1) is 10.0. The Hall–Kier alpha value is -2.14. The summed E-state index contributed by atoms with van der Waals surface area (Å²) in [6.07, 6.45) is 3.35. The summed E-state index contributed by atoms with van der Waals surface area (Å²) in [6, 6.07) is 6.24. The molecule has 21 heavy (non-hydrogen) atoms. The van der Waals surface area contributed by atoms with Gasteiger partial charge < -0.3 is 9.67 Å². The van der Waals surface area contributed by atoms with Gasteiger partial charge in [0.1, 0.15) is 12.4 Å². The zero-order chi connectivity index (χ0) is 15.3. The standard InChI is InChI=1S/C14H15N3O3S/c1-17-8-7-15-14(17)11-16-21(19,20)13-6-2-4-12(10-13)5-3-9-18/h2,4,6-8,10,16,18H,9,11H2,1H3. The van der Waals surface area contributed by atoms with Crippen molar-refractivity contribution in [2.45, 2.75) is 11.4 Å². The Morgan fingerprint density at radius 2 is 2.24 bits per heavy atom. The van der Waals surface area contributed by atoms with Crippen LogP contribution in [0, 0.1) is 11.8 Å². The summed E-state index contributed by atoms with van der Waals surface area (Å²) in [6.45, 7) is -0.160. The number of imidazole rings is 1. The second kappa shape index (κ2) is 6.54. The number of sulfonamides is 1. The molecule has 1 heterocycles. The SMILES string of the molecule is Cn1ccnc1CNS(=O)(=O)c1cccc(C#CCO)c1. The van der Waals surface area contributed by atoms with E-state index in [4.69, 9.17) is 5.11 Å². The van der Waals surface area contributed by atoms with Crippen molar-refractivity contribution in [2.24, 2.45) is 7.05 Å². The zero-order valence-electron chi connectivity index (χ0n) is 11.4. The van der Waals surface area contributed by atoms with E-state index in [1.54, 1.807) is 36.1 Å².